The molecule has 1 N–H and O–H groups in total. The van der Waals surface area contributed by atoms with E-state index in [-0.39, 0.29) is 11.0 Å². The number of fused-ring (bicyclic) bond motifs is 1. The molecule has 4 aromatic rings. The highest BCUT2D eigenvalue weighted by atomic mass is 35.5. The lowest BCUT2D eigenvalue weighted by Crippen LogP contribution is -2.00. The maximum Gasteiger partial charge on any atom is 0.304 e. The summed E-state index contributed by atoms with van der Waals surface area (Å²) in [6.07, 6.45) is 7.16. The number of carboxylic acid groups (broad SMARTS) is 1. The van der Waals surface area contributed by atoms with Gasteiger partial charge in [-0.3, -0.25) is 9.78 Å². The van der Waals surface area contributed by atoms with Crippen molar-refractivity contribution in [1.29, 1.82) is 0 Å². The molecule has 0 saturated heterocycles. The highest BCUT2D eigenvalue weighted by molar-refractivity contribution is 8.16. The zero-order chi connectivity index (χ0) is 24.5. The van der Waals surface area contributed by atoms with Gasteiger partial charge in [0.1, 0.15) is 0 Å². The fourth-order valence-electron chi connectivity index (χ4n) is 3.66. The van der Waals surface area contributed by atoms with Gasteiger partial charge >= 0.3 is 5.97 Å². The molecule has 0 bridgehead atoms. The highest BCUT2D eigenvalue weighted by Gasteiger charge is 2.14. The zero-order valence-electron chi connectivity index (χ0n) is 19.1. The summed E-state index contributed by atoms with van der Waals surface area (Å²) in [4.78, 5) is 15.4. The zero-order valence-corrected chi connectivity index (χ0v) is 21.5. The maximum absolute atomic E-state index is 11.0. The normalized spacial score (nSPS) is 12.3. The third-order valence-corrected chi connectivity index (χ3v) is 8.57. The summed E-state index contributed by atoms with van der Waals surface area (Å²) < 4.78 is 0.199. The maximum atomic E-state index is 11.0. The first kappa shape index (κ1) is 25.4. The van der Waals surface area contributed by atoms with E-state index in [1.165, 1.54) is 11.1 Å². The SMILES string of the molecule is O=C(O)CCSC(SCCc1ccccc1)c1ccc(C=Cc2ccnc3cc(Cl)ccc23)cc1. The molecular formula is C29H26ClNO2S2. The topological polar surface area (TPSA) is 50.2 Å². The summed E-state index contributed by atoms with van der Waals surface area (Å²) in [6.45, 7) is 0. The largest absolute Gasteiger partial charge is 0.481 e. The van der Waals surface area contributed by atoms with Gasteiger partial charge in [-0.15, -0.1) is 23.5 Å². The molecule has 0 aliphatic carbocycles. The number of benzene rings is 3. The van der Waals surface area contributed by atoms with Gasteiger partial charge in [-0.2, -0.15) is 0 Å². The van der Waals surface area contributed by atoms with Crippen LogP contribution < -0.4 is 0 Å². The molecule has 178 valence electrons. The smallest absolute Gasteiger partial charge is 0.304 e. The van der Waals surface area contributed by atoms with E-state index in [4.69, 9.17) is 16.7 Å². The molecule has 1 heterocycles. The average Bonchev–Trinajstić information content (AvgIpc) is 2.87. The Labute approximate surface area is 219 Å². The lowest BCUT2D eigenvalue weighted by molar-refractivity contribution is -0.136. The van der Waals surface area contributed by atoms with Crippen LogP contribution in [0.4, 0.5) is 0 Å². The Morgan fingerprint density at radius 2 is 1.71 bits per heavy atom. The number of thioether (sulfide) groups is 2. The van der Waals surface area contributed by atoms with E-state index in [9.17, 15) is 4.79 Å². The van der Waals surface area contributed by atoms with Crippen molar-refractivity contribution in [3.05, 3.63) is 112 Å². The Morgan fingerprint density at radius 3 is 2.49 bits per heavy atom. The van der Waals surface area contributed by atoms with Gasteiger partial charge in [0.15, 0.2) is 0 Å². The molecule has 1 atom stereocenters. The van der Waals surface area contributed by atoms with Crippen LogP contribution in [0.5, 0.6) is 0 Å². The van der Waals surface area contributed by atoms with E-state index in [0.29, 0.717) is 10.8 Å². The van der Waals surface area contributed by atoms with Crippen molar-refractivity contribution in [2.75, 3.05) is 11.5 Å². The number of aromatic nitrogens is 1. The summed E-state index contributed by atoms with van der Waals surface area (Å²) in [5, 5.41) is 10.8. The quantitative estimate of drug-likeness (QED) is 0.202. The van der Waals surface area contributed by atoms with Crippen LogP contribution in [0.1, 0.15) is 33.3 Å². The Morgan fingerprint density at radius 1 is 0.943 bits per heavy atom. The van der Waals surface area contributed by atoms with Crippen molar-refractivity contribution in [2.45, 2.75) is 17.4 Å². The van der Waals surface area contributed by atoms with E-state index < -0.39 is 5.97 Å². The minimum atomic E-state index is -0.753. The fraction of sp³-hybridized carbons (Fsp3) is 0.172. The van der Waals surface area contributed by atoms with Crippen molar-refractivity contribution in [3.63, 3.8) is 0 Å². The van der Waals surface area contributed by atoms with Gasteiger partial charge in [0.05, 0.1) is 16.5 Å². The molecule has 6 heteroatoms. The lowest BCUT2D eigenvalue weighted by Gasteiger charge is -2.17. The van der Waals surface area contributed by atoms with Crippen molar-refractivity contribution >= 4 is 64.1 Å². The molecule has 0 spiro atoms. The molecule has 0 aliphatic heterocycles. The van der Waals surface area contributed by atoms with Gasteiger partial charge < -0.3 is 5.11 Å². The van der Waals surface area contributed by atoms with Gasteiger partial charge in [-0.05, 0) is 52.6 Å². The van der Waals surface area contributed by atoms with Gasteiger partial charge in [0.25, 0.3) is 0 Å². The van der Waals surface area contributed by atoms with E-state index in [0.717, 1.165) is 34.2 Å². The monoisotopic (exact) mass is 519 g/mol. The number of carboxylic acids is 1. The van der Waals surface area contributed by atoms with E-state index >= 15 is 0 Å². The second kappa shape index (κ2) is 12.8. The number of aliphatic carboxylic acids is 1. The molecule has 0 saturated carbocycles. The van der Waals surface area contributed by atoms with E-state index in [2.05, 4.69) is 65.7 Å². The molecule has 35 heavy (non-hydrogen) atoms. The number of hydrogen-bond acceptors (Lipinski definition) is 4. The Bertz CT molecular complexity index is 1290. The van der Waals surface area contributed by atoms with Crippen LogP contribution in [0.2, 0.25) is 5.02 Å². The van der Waals surface area contributed by atoms with Crippen LogP contribution in [-0.4, -0.2) is 27.6 Å². The summed E-state index contributed by atoms with van der Waals surface area (Å²) >= 11 is 9.68. The number of rotatable bonds is 11. The van der Waals surface area contributed by atoms with Crippen LogP contribution in [-0.2, 0) is 11.2 Å². The van der Waals surface area contributed by atoms with Gasteiger partial charge in [-0.1, -0.05) is 84.4 Å². The summed E-state index contributed by atoms with van der Waals surface area (Å²) in [7, 11) is 0. The van der Waals surface area contributed by atoms with E-state index in [1.807, 2.05) is 42.1 Å². The molecule has 0 radical (unpaired) electrons. The standard InChI is InChI=1S/C29H26ClNO2S2/c30-25-12-13-26-23(14-17-31-27(26)20-25)9-6-22-7-10-24(11-8-22)29(35-19-16-28(32)33)34-18-15-21-4-2-1-3-5-21/h1-14,17,20,29H,15-16,18-19H2,(H,32,33). The van der Waals surface area contributed by atoms with Crippen molar-refractivity contribution in [1.82, 2.24) is 4.98 Å². The van der Waals surface area contributed by atoms with Crippen LogP contribution in [0.15, 0.2) is 85.1 Å². The van der Waals surface area contributed by atoms with Crippen molar-refractivity contribution < 1.29 is 9.90 Å². The number of hydrogen-bond donors (Lipinski definition) is 1. The Kier molecular flexibility index (Phi) is 9.29. The third kappa shape index (κ3) is 7.63. The highest BCUT2D eigenvalue weighted by Crippen LogP contribution is 2.40. The molecule has 3 aromatic carbocycles. The van der Waals surface area contributed by atoms with E-state index in [1.54, 1.807) is 18.0 Å². The van der Waals surface area contributed by atoms with Crippen LogP contribution in [0.3, 0.4) is 0 Å². The molecule has 4 rings (SSSR count). The van der Waals surface area contributed by atoms with Gasteiger partial charge in [0.2, 0.25) is 0 Å². The van der Waals surface area contributed by atoms with Crippen LogP contribution >= 0.6 is 35.1 Å². The molecule has 3 nitrogen and oxygen atoms in total. The number of carbonyl (C=O) groups is 1. The molecule has 0 fully saturated rings. The van der Waals surface area contributed by atoms with Gasteiger partial charge in [0, 0.05) is 22.4 Å². The Hall–Kier alpha value is -2.73. The summed E-state index contributed by atoms with van der Waals surface area (Å²) in [5.74, 6) is 0.825. The fourth-order valence-corrected chi connectivity index (χ4v) is 6.56. The number of nitrogens with zero attached hydrogens (tertiary/aromatic N) is 1. The first-order valence-corrected chi connectivity index (χ1v) is 13.9. The molecule has 0 aliphatic rings. The third-order valence-electron chi connectivity index (χ3n) is 5.49. The second-order valence-corrected chi connectivity index (χ2v) is 11.2. The minimum Gasteiger partial charge on any atom is -0.481 e. The summed E-state index contributed by atoms with van der Waals surface area (Å²) in [6, 6.07) is 26.8. The molecule has 1 aromatic heterocycles. The lowest BCUT2D eigenvalue weighted by atomic mass is 10.1. The van der Waals surface area contributed by atoms with Crippen molar-refractivity contribution in [2.24, 2.45) is 0 Å². The van der Waals surface area contributed by atoms with Gasteiger partial charge in [-0.25, -0.2) is 0 Å². The first-order chi connectivity index (χ1) is 17.1. The first-order valence-electron chi connectivity index (χ1n) is 11.4. The summed E-state index contributed by atoms with van der Waals surface area (Å²) in [5.41, 5.74) is 5.61. The average molecular weight is 520 g/mol. The molecule has 1 unspecified atom stereocenters. The number of halogens is 1. The predicted octanol–water partition coefficient (Wildman–Crippen LogP) is 8.24. The Balaban J connectivity index is 1.44. The molecular weight excluding hydrogens is 494 g/mol. The second-order valence-electron chi connectivity index (χ2n) is 8.01. The molecule has 0 amide bonds. The number of pyridine rings is 1. The predicted molar refractivity (Wildman–Crippen MR) is 152 cm³/mol. The van der Waals surface area contributed by atoms with Crippen molar-refractivity contribution in [3.8, 4) is 0 Å². The van der Waals surface area contributed by atoms with Crippen LogP contribution in [0, 0.1) is 0 Å². The number of aryl methyl sites for hydroxylation is 1. The van der Waals surface area contributed by atoms with Crippen LogP contribution in [0.25, 0.3) is 23.1 Å². The minimum absolute atomic E-state index is 0.173.